The predicted octanol–water partition coefficient (Wildman–Crippen LogP) is 10.6. The molecule has 1 unspecified atom stereocenters. The van der Waals surface area contributed by atoms with E-state index < -0.39 is 41.9 Å². The van der Waals surface area contributed by atoms with Crippen molar-refractivity contribution in [2.24, 2.45) is 5.92 Å². The van der Waals surface area contributed by atoms with Crippen molar-refractivity contribution in [3.63, 3.8) is 0 Å². The molecule has 24 nitrogen and oxygen atoms in total. The molecule has 0 spiro atoms. The average molecular weight is 1250 g/mol. The number of aromatic nitrogens is 7. The number of hydrogen-bond acceptors (Lipinski definition) is 15. The fourth-order valence-corrected chi connectivity index (χ4v) is 9.09. The van der Waals surface area contributed by atoms with Crippen LogP contribution in [-0.4, -0.2) is 123 Å². The van der Waals surface area contributed by atoms with Crippen LogP contribution in [0.15, 0.2) is 128 Å². The molecule has 1 atom stereocenters. The van der Waals surface area contributed by atoms with Crippen molar-refractivity contribution < 1.29 is 52.4 Å². The molecule has 1 N–H and O–H groups in total. The second-order valence-corrected chi connectivity index (χ2v) is 21.1. The summed E-state index contributed by atoms with van der Waals surface area (Å²) < 4.78 is 13.6. The molecule has 2 fully saturated rings. The molecule has 2 saturated heterocycles. The Kier molecular flexibility index (Phi) is 23.3. The van der Waals surface area contributed by atoms with Gasteiger partial charge in [-0.2, -0.15) is 0 Å². The molecule has 2 aliphatic rings. The Morgan fingerprint density at radius 3 is 1.93 bits per heavy atom. The Morgan fingerprint density at radius 2 is 1.40 bits per heavy atom. The van der Waals surface area contributed by atoms with Crippen molar-refractivity contribution in [2.45, 2.75) is 78.9 Å². The van der Waals surface area contributed by atoms with Crippen LogP contribution in [0.4, 0.5) is 30.6 Å². The van der Waals surface area contributed by atoms with Crippen LogP contribution in [0.1, 0.15) is 66.1 Å². The number of benzene rings is 3. The number of esters is 1. The average Bonchev–Trinajstić information content (AvgIpc) is 3.47. The number of anilines is 2. The molecular formula is C55H56Cl5N13O11. The van der Waals surface area contributed by atoms with Gasteiger partial charge in [-0.1, -0.05) is 84.9 Å². The van der Waals surface area contributed by atoms with Crippen LogP contribution in [0.2, 0.25) is 25.1 Å². The molecule has 3 aromatic carbocycles. The Morgan fingerprint density at radius 1 is 0.810 bits per heavy atom. The number of nitrogens with one attached hydrogen (secondary N) is 1. The van der Waals surface area contributed by atoms with E-state index in [0.29, 0.717) is 66.2 Å². The molecule has 442 valence electrons. The highest BCUT2D eigenvalue weighted by Gasteiger charge is 2.42. The number of imidazole rings is 2. The van der Waals surface area contributed by atoms with E-state index in [9.17, 15) is 43.6 Å². The number of imide groups is 4. The maximum Gasteiger partial charge on any atom is 0.340 e. The molecule has 0 bridgehead atoms. The van der Waals surface area contributed by atoms with Crippen LogP contribution >= 0.6 is 58.0 Å². The third-order valence-corrected chi connectivity index (χ3v) is 12.8. The summed E-state index contributed by atoms with van der Waals surface area (Å²) in [6.07, 6.45) is 14.7. The van der Waals surface area contributed by atoms with Gasteiger partial charge in [-0.25, -0.2) is 53.6 Å². The molecule has 29 heteroatoms. The largest absolute Gasteiger partial charge is 0.594 e. The van der Waals surface area contributed by atoms with Gasteiger partial charge in [0.05, 0.1) is 35.9 Å². The minimum Gasteiger partial charge on any atom is -0.594 e. The Labute approximate surface area is 506 Å². The molecule has 7 aromatic rings. The van der Waals surface area contributed by atoms with Gasteiger partial charge in [-0.05, 0) is 105 Å². The number of furan rings is 1. The van der Waals surface area contributed by atoms with Crippen molar-refractivity contribution in [1.29, 1.82) is 0 Å². The summed E-state index contributed by atoms with van der Waals surface area (Å²) in [5.41, 5.74) is 1.37. The normalized spacial score (nSPS) is 13.3. The van der Waals surface area contributed by atoms with Gasteiger partial charge in [-0.15, -0.1) is 6.58 Å². The minimum atomic E-state index is -0.725. The number of urea groups is 3. The first kappa shape index (κ1) is 64.7. The van der Waals surface area contributed by atoms with Crippen molar-refractivity contribution in [1.82, 2.24) is 49.2 Å². The van der Waals surface area contributed by atoms with E-state index in [-0.39, 0.29) is 67.3 Å². The first-order valence-electron chi connectivity index (χ1n) is 25.7. The summed E-state index contributed by atoms with van der Waals surface area (Å²) in [6.45, 7) is 12.6. The van der Waals surface area contributed by atoms with E-state index >= 15 is 0 Å². The highest BCUT2D eigenvalue weighted by molar-refractivity contribution is 6.37. The van der Waals surface area contributed by atoms with Crippen LogP contribution in [-0.2, 0) is 30.5 Å². The van der Waals surface area contributed by atoms with Gasteiger partial charge in [0.15, 0.2) is 0 Å². The number of rotatable bonds is 15. The van der Waals surface area contributed by atoms with E-state index in [1.165, 1.54) is 77.0 Å². The van der Waals surface area contributed by atoms with Crippen molar-refractivity contribution in [3.05, 3.63) is 159 Å². The summed E-state index contributed by atoms with van der Waals surface area (Å²) in [4.78, 5) is 115. The lowest BCUT2D eigenvalue weighted by atomic mass is 10.1. The van der Waals surface area contributed by atoms with Crippen LogP contribution in [0, 0.1) is 11.1 Å². The number of unbranched alkanes of at least 4 members (excludes halogenated alkanes) is 1. The smallest absolute Gasteiger partial charge is 0.340 e. The van der Waals surface area contributed by atoms with Gasteiger partial charge in [0.25, 0.3) is 17.3 Å². The van der Waals surface area contributed by atoms with E-state index in [2.05, 4.69) is 31.9 Å². The third-order valence-electron chi connectivity index (χ3n) is 11.7. The number of carbonyl (C=O) groups excluding carboxylic acids is 8. The number of allylic oxidation sites excluding steroid dienone is 1. The van der Waals surface area contributed by atoms with Crippen molar-refractivity contribution >= 4 is 128 Å². The monoisotopic (exact) mass is 1250 g/mol. The van der Waals surface area contributed by atoms with Gasteiger partial charge in [0.2, 0.25) is 5.91 Å². The molecular weight excluding hydrogens is 1200 g/mol. The highest BCUT2D eigenvalue weighted by Crippen LogP contribution is 2.31. The van der Waals surface area contributed by atoms with Gasteiger partial charge < -0.3 is 24.6 Å². The maximum absolute atomic E-state index is 12.8. The lowest BCUT2D eigenvalue weighted by molar-refractivity contribution is -0.642. The second kappa shape index (κ2) is 30.2. The number of hydrogen-bond donors (Lipinski definition) is 1. The fourth-order valence-electron chi connectivity index (χ4n) is 7.89. The molecule has 4 aromatic heterocycles. The van der Waals surface area contributed by atoms with Gasteiger partial charge in [0, 0.05) is 68.4 Å². The zero-order chi connectivity index (χ0) is 61.4. The lowest BCUT2D eigenvalue weighted by Crippen LogP contribution is -2.46. The summed E-state index contributed by atoms with van der Waals surface area (Å²) in [7, 11) is 0. The zero-order valence-electron chi connectivity index (χ0n) is 45.8. The molecule has 0 radical (unpaired) electrons. The number of halogens is 5. The molecule has 10 amide bonds. The second-order valence-electron chi connectivity index (χ2n) is 18.9. The summed E-state index contributed by atoms with van der Waals surface area (Å²) >= 11 is 29.3. The third kappa shape index (κ3) is 17.3. The Hall–Kier alpha value is -8.42. The first-order valence-corrected chi connectivity index (χ1v) is 27.6. The zero-order valence-corrected chi connectivity index (χ0v) is 49.6. The van der Waals surface area contributed by atoms with Gasteiger partial charge in [0.1, 0.15) is 43.1 Å². The number of ether oxygens (including phenoxy) is 1. The van der Waals surface area contributed by atoms with E-state index in [1.807, 2.05) is 20.8 Å². The number of fused-ring (bicyclic) bond motifs is 1. The van der Waals surface area contributed by atoms with Crippen LogP contribution in [0.25, 0.3) is 17.0 Å². The number of amides is 10. The van der Waals surface area contributed by atoms with Crippen molar-refractivity contribution in [3.8, 4) is 5.95 Å². The van der Waals surface area contributed by atoms with E-state index in [4.69, 9.17) is 67.2 Å². The van der Waals surface area contributed by atoms with Crippen molar-refractivity contribution in [2.75, 3.05) is 29.5 Å². The van der Waals surface area contributed by atoms with Gasteiger partial charge in [-0.3, -0.25) is 28.4 Å². The molecule has 0 saturated carbocycles. The summed E-state index contributed by atoms with van der Waals surface area (Å²) in [5, 5.41) is 19.8. The minimum absolute atomic E-state index is 0.107. The molecule has 0 aliphatic carbocycles. The lowest BCUT2D eigenvalue weighted by Gasteiger charge is -2.28. The quantitative estimate of drug-likeness (QED) is 0.0249. The van der Waals surface area contributed by atoms with Crippen LogP contribution in [0.3, 0.4) is 0 Å². The molecule has 9 rings (SSSR count). The predicted molar refractivity (Wildman–Crippen MR) is 313 cm³/mol. The SMILES string of the molecule is C=CCCCOC(=O)C(CC)N(Cc1ccco1)C(=O)n1ccnc1.CC(C)CC(=O)N1CC(=O)N(c2cc(Cl)cc(Cl)c2)C1=O.CC(C)NC(=O)N1CC(=O)N(c2cc(Cl)cc(Cl)c2)C1=O.[O-][n+]1nc(-n2ccnc2)nc2ccc(Cl)cc21. The van der Waals surface area contributed by atoms with Crippen LogP contribution in [0.5, 0.6) is 0 Å². The Bertz CT molecular complexity index is 3350. The molecule has 2 aliphatic heterocycles. The standard InChI is InChI=1S/C18H23N3O4.C14H14Cl2N2O3.C13H13Cl2N3O3.C10H6ClN5O/c1-3-5-6-11-25-17(22)16(4-2)21(13-15-8-7-12-24-15)18(23)20-10-9-19-14-20;1-8(2)3-12(19)17-7-13(20)18(14(17)21)11-5-9(15)4-10(16)6-11;1-7(2)16-12(20)17-6-11(19)18(13(17)21)10-4-8(14)3-9(15)5-10;11-7-1-2-8-9(5-7)16(17)14-10(13-8)15-4-3-12-6-15/h3,7-10,12,14,16H,1,4-6,11,13H2,2H3;4-6,8H,3,7H2,1-2H3;3-5,7H,6H2,1-2H3,(H,16,20);1-6H. The van der Waals surface area contributed by atoms with E-state index in [1.54, 1.807) is 67.3 Å². The molecule has 6 heterocycles. The highest BCUT2D eigenvalue weighted by atomic mass is 35.5. The topological polar surface area (TPSA) is 276 Å². The van der Waals surface area contributed by atoms with Crippen LogP contribution < -0.4 is 20.0 Å². The Balaban J connectivity index is 0.000000181. The fraction of sp³-hybridized carbons (Fsp3) is 0.291. The van der Waals surface area contributed by atoms with Gasteiger partial charge >= 0.3 is 36.0 Å². The number of nitrogens with zero attached hydrogens (tertiary/aromatic N) is 12. The van der Waals surface area contributed by atoms with E-state index in [0.717, 1.165) is 26.0 Å². The maximum atomic E-state index is 12.8. The first-order chi connectivity index (χ1) is 40.0. The summed E-state index contributed by atoms with van der Waals surface area (Å²) in [5.74, 6) is -0.813. The molecule has 84 heavy (non-hydrogen) atoms. The number of carbonyl (C=O) groups is 8. The summed E-state index contributed by atoms with van der Waals surface area (Å²) in [6, 6.07) is 14.0.